The summed E-state index contributed by atoms with van der Waals surface area (Å²) >= 11 is 0. The average Bonchev–Trinajstić information content (AvgIpc) is 3.30. The van der Waals surface area contributed by atoms with E-state index in [1.54, 1.807) is 29.3 Å². The van der Waals surface area contributed by atoms with Crippen molar-refractivity contribution in [2.75, 3.05) is 11.4 Å². The van der Waals surface area contributed by atoms with E-state index in [2.05, 4.69) is 5.10 Å². The molecule has 0 saturated heterocycles. The van der Waals surface area contributed by atoms with E-state index in [9.17, 15) is 14.9 Å². The number of rotatable bonds is 4. The van der Waals surface area contributed by atoms with Gasteiger partial charge in [-0.25, -0.2) is 0 Å². The smallest absolute Gasteiger partial charge is 0.271 e. The third-order valence-corrected chi connectivity index (χ3v) is 4.53. The van der Waals surface area contributed by atoms with Crippen molar-refractivity contribution in [2.24, 2.45) is 0 Å². The average molecular weight is 348 g/mol. The highest BCUT2D eigenvalue weighted by atomic mass is 16.6. The summed E-state index contributed by atoms with van der Waals surface area (Å²) in [4.78, 5) is 25.0. The molecule has 0 atom stereocenters. The van der Waals surface area contributed by atoms with Gasteiger partial charge in [0.25, 0.3) is 11.6 Å². The molecule has 26 heavy (non-hydrogen) atoms. The van der Waals surface area contributed by atoms with Crippen molar-refractivity contribution >= 4 is 17.3 Å². The lowest BCUT2D eigenvalue weighted by Crippen LogP contribution is -2.28. The first kappa shape index (κ1) is 16.0. The van der Waals surface area contributed by atoms with Crippen molar-refractivity contribution in [2.45, 2.75) is 13.0 Å². The van der Waals surface area contributed by atoms with Crippen LogP contribution in [-0.4, -0.2) is 27.2 Å². The molecule has 1 aliphatic rings. The zero-order valence-corrected chi connectivity index (χ0v) is 13.9. The molecule has 2 heterocycles. The highest BCUT2D eigenvalue weighted by molar-refractivity contribution is 6.07. The van der Waals surface area contributed by atoms with Crippen molar-refractivity contribution in [1.82, 2.24) is 9.78 Å². The summed E-state index contributed by atoms with van der Waals surface area (Å²) in [6.45, 7) is 1.17. The highest BCUT2D eigenvalue weighted by Gasteiger charge is 2.27. The van der Waals surface area contributed by atoms with Crippen LogP contribution in [0.3, 0.4) is 0 Å². The van der Waals surface area contributed by atoms with Crippen LogP contribution in [0.2, 0.25) is 0 Å². The predicted molar refractivity (Wildman–Crippen MR) is 96.2 cm³/mol. The number of non-ortho nitro benzene ring substituents is 1. The summed E-state index contributed by atoms with van der Waals surface area (Å²) in [6.07, 6.45) is 4.31. The molecule has 0 saturated carbocycles. The maximum absolute atomic E-state index is 12.9. The van der Waals surface area contributed by atoms with E-state index >= 15 is 0 Å². The Hall–Kier alpha value is -3.48. The number of carbonyl (C=O) groups excluding carboxylic acids is 1. The Labute approximate surface area is 149 Å². The fourth-order valence-corrected chi connectivity index (χ4v) is 3.18. The van der Waals surface area contributed by atoms with Crippen molar-refractivity contribution in [3.05, 3.63) is 87.7 Å². The van der Waals surface area contributed by atoms with Gasteiger partial charge in [-0.3, -0.25) is 19.6 Å². The maximum atomic E-state index is 12.9. The van der Waals surface area contributed by atoms with E-state index in [1.807, 2.05) is 29.1 Å². The van der Waals surface area contributed by atoms with Crippen LogP contribution in [-0.2, 0) is 13.0 Å². The molecule has 4 rings (SSSR count). The van der Waals surface area contributed by atoms with Gasteiger partial charge in [-0.2, -0.15) is 5.10 Å². The molecule has 0 aliphatic carbocycles. The molecule has 1 aliphatic heterocycles. The Balaban J connectivity index is 1.56. The van der Waals surface area contributed by atoms with Gasteiger partial charge in [-0.05, 0) is 35.7 Å². The minimum absolute atomic E-state index is 0.00183. The summed E-state index contributed by atoms with van der Waals surface area (Å²) in [7, 11) is 0. The molecule has 0 N–H and O–H groups in total. The van der Waals surface area contributed by atoms with Gasteiger partial charge in [0.2, 0.25) is 0 Å². The summed E-state index contributed by atoms with van der Waals surface area (Å²) < 4.78 is 1.81. The first-order valence-corrected chi connectivity index (χ1v) is 8.27. The van der Waals surface area contributed by atoms with Gasteiger partial charge in [0.1, 0.15) is 0 Å². The van der Waals surface area contributed by atoms with Crippen LogP contribution in [0.5, 0.6) is 0 Å². The maximum Gasteiger partial charge on any atom is 0.271 e. The van der Waals surface area contributed by atoms with Gasteiger partial charge in [0.05, 0.1) is 17.2 Å². The number of nitro groups is 1. The SMILES string of the molecule is O=C(c1ccc(Cn2cccn2)cc1)N1CCc2ccc([N+](=O)[O-])cc21. The number of carbonyl (C=O) groups is 1. The minimum Gasteiger partial charge on any atom is -0.308 e. The summed E-state index contributed by atoms with van der Waals surface area (Å²) in [5.41, 5.74) is 3.19. The molecule has 0 bridgehead atoms. The van der Waals surface area contributed by atoms with Gasteiger partial charge in [-0.15, -0.1) is 0 Å². The van der Waals surface area contributed by atoms with Gasteiger partial charge >= 0.3 is 0 Å². The lowest BCUT2D eigenvalue weighted by Gasteiger charge is -2.17. The molecule has 130 valence electrons. The van der Waals surface area contributed by atoms with Crippen LogP contribution < -0.4 is 4.90 Å². The van der Waals surface area contributed by atoms with Gasteiger partial charge in [-0.1, -0.05) is 18.2 Å². The number of nitro benzene ring substituents is 1. The van der Waals surface area contributed by atoms with Crippen LogP contribution in [0.15, 0.2) is 60.9 Å². The van der Waals surface area contributed by atoms with Crippen LogP contribution in [0, 0.1) is 10.1 Å². The molecular weight excluding hydrogens is 332 g/mol. The van der Waals surface area contributed by atoms with Crippen LogP contribution in [0.25, 0.3) is 0 Å². The molecule has 3 aromatic rings. The second-order valence-electron chi connectivity index (χ2n) is 6.18. The van der Waals surface area contributed by atoms with Crippen LogP contribution >= 0.6 is 0 Å². The Morgan fingerprint density at radius 2 is 2.00 bits per heavy atom. The predicted octanol–water partition coefficient (Wildman–Crippen LogP) is 3.04. The number of nitrogens with zero attached hydrogens (tertiary/aromatic N) is 4. The number of hydrogen-bond acceptors (Lipinski definition) is 4. The van der Waals surface area contributed by atoms with Crippen LogP contribution in [0.4, 0.5) is 11.4 Å². The van der Waals surface area contributed by atoms with Crippen molar-refractivity contribution < 1.29 is 9.72 Å². The highest BCUT2D eigenvalue weighted by Crippen LogP contribution is 2.32. The van der Waals surface area contributed by atoms with E-state index in [0.29, 0.717) is 30.8 Å². The molecule has 2 aromatic carbocycles. The van der Waals surface area contributed by atoms with Gasteiger partial charge in [0.15, 0.2) is 0 Å². The minimum atomic E-state index is -0.439. The van der Waals surface area contributed by atoms with Gasteiger partial charge in [0, 0.05) is 36.6 Å². The van der Waals surface area contributed by atoms with E-state index in [0.717, 1.165) is 11.1 Å². The fourth-order valence-electron chi connectivity index (χ4n) is 3.18. The Kier molecular flexibility index (Phi) is 3.96. The fraction of sp³-hybridized carbons (Fsp3) is 0.158. The zero-order valence-electron chi connectivity index (χ0n) is 13.9. The molecule has 7 heteroatoms. The second kappa shape index (κ2) is 6.44. The molecule has 7 nitrogen and oxygen atoms in total. The standard InChI is InChI=1S/C19H16N4O3/c24-19(16-4-2-14(3-5-16)13-21-10-1-9-20-21)22-11-8-15-6-7-17(23(25)26)12-18(15)22/h1-7,9-10,12H,8,11,13H2. The molecule has 0 fully saturated rings. The zero-order chi connectivity index (χ0) is 18.1. The topological polar surface area (TPSA) is 81.3 Å². The molecule has 0 radical (unpaired) electrons. The van der Waals surface area contributed by atoms with Crippen LogP contribution in [0.1, 0.15) is 21.5 Å². The normalized spacial score (nSPS) is 12.8. The van der Waals surface area contributed by atoms with Crippen molar-refractivity contribution in [1.29, 1.82) is 0 Å². The monoisotopic (exact) mass is 348 g/mol. The Bertz CT molecular complexity index is 965. The number of aromatic nitrogens is 2. The number of hydrogen-bond donors (Lipinski definition) is 0. The number of benzene rings is 2. The molecule has 1 aromatic heterocycles. The number of amides is 1. The Morgan fingerprint density at radius 1 is 1.19 bits per heavy atom. The Morgan fingerprint density at radius 3 is 2.69 bits per heavy atom. The first-order valence-electron chi connectivity index (χ1n) is 8.27. The molecule has 0 spiro atoms. The third kappa shape index (κ3) is 2.95. The molecule has 1 amide bonds. The van der Waals surface area contributed by atoms with E-state index < -0.39 is 4.92 Å². The first-order chi connectivity index (χ1) is 12.6. The lowest BCUT2D eigenvalue weighted by atomic mass is 10.1. The quantitative estimate of drug-likeness (QED) is 0.536. The summed E-state index contributed by atoms with van der Waals surface area (Å²) in [5, 5.41) is 15.2. The van der Waals surface area contributed by atoms with Crippen molar-refractivity contribution in [3.8, 4) is 0 Å². The van der Waals surface area contributed by atoms with Gasteiger partial charge < -0.3 is 4.90 Å². The lowest BCUT2D eigenvalue weighted by molar-refractivity contribution is -0.384. The number of fused-ring (bicyclic) bond motifs is 1. The van der Waals surface area contributed by atoms with Crippen molar-refractivity contribution in [3.63, 3.8) is 0 Å². The van der Waals surface area contributed by atoms with E-state index in [-0.39, 0.29) is 11.6 Å². The summed E-state index contributed by atoms with van der Waals surface area (Å²) in [6, 6.07) is 13.9. The van der Waals surface area contributed by atoms with E-state index in [1.165, 1.54) is 12.1 Å². The summed E-state index contributed by atoms with van der Waals surface area (Å²) in [5.74, 6) is -0.144. The van der Waals surface area contributed by atoms with E-state index in [4.69, 9.17) is 0 Å². The second-order valence-corrected chi connectivity index (χ2v) is 6.18. The third-order valence-electron chi connectivity index (χ3n) is 4.53. The molecule has 0 unspecified atom stereocenters. The number of anilines is 1. The largest absolute Gasteiger partial charge is 0.308 e. The molecular formula is C19H16N4O3.